The Hall–Kier alpha value is -2.15. The number of halogens is 2. The van der Waals surface area contributed by atoms with Crippen LogP contribution in [0.3, 0.4) is 0 Å². The molecule has 104 valence electrons. The Morgan fingerprint density at radius 3 is 2.55 bits per heavy atom. The lowest BCUT2D eigenvalue weighted by Crippen LogP contribution is -2.03. The molecule has 0 bridgehead atoms. The van der Waals surface area contributed by atoms with Crippen LogP contribution in [0.1, 0.15) is 5.56 Å². The van der Waals surface area contributed by atoms with Gasteiger partial charge in [0.05, 0.1) is 15.5 Å². The zero-order valence-corrected chi connectivity index (χ0v) is 11.9. The van der Waals surface area contributed by atoms with Crippen LogP contribution in [0.4, 0.5) is 21.5 Å². The van der Waals surface area contributed by atoms with Gasteiger partial charge in [0.25, 0.3) is 5.69 Å². The van der Waals surface area contributed by atoms with Gasteiger partial charge in [-0.2, -0.15) is 0 Å². The second-order valence-electron chi connectivity index (χ2n) is 4.14. The molecule has 2 aromatic carbocycles. The van der Waals surface area contributed by atoms with Gasteiger partial charge in [0, 0.05) is 12.2 Å². The van der Waals surface area contributed by atoms with Gasteiger partial charge in [-0.05, 0) is 39.7 Å². The van der Waals surface area contributed by atoms with E-state index in [2.05, 4.69) is 21.2 Å². The second-order valence-corrected chi connectivity index (χ2v) is 4.99. The van der Waals surface area contributed by atoms with Crippen molar-refractivity contribution in [1.82, 2.24) is 0 Å². The fraction of sp³-hybridized carbons (Fsp3) is 0.0769. The molecule has 0 atom stereocenters. The lowest BCUT2D eigenvalue weighted by Gasteiger charge is -2.08. The van der Waals surface area contributed by atoms with E-state index in [4.69, 9.17) is 5.73 Å². The Bertz CT molecular complexity index is 647. The van der Waals surface area contributed by atoms with Crippen LogP contribution in [0.15, 0.2) is 40.9 Å². The van der Waals surface area contributed by atoms with E-state index < -0.39 is 10.7 Å². The molecule has 0 aromatic heterocycles. The van der Waals surface area contributed by atoms with Gasteiger partial charge in [-0.15, -0.1) is 0 Å². The van der Waals surface area contributed by atoms with E-state index in [1.807, 2.05) is 12.1 Å². The lowest BCUT2D eigenvalue weighted by molar-refractivity contribution is -0.384. The van der Waals surface area contributed by atoms with Crippen LogP contribution < -0.4 is 11.1 Å². The van der Waals surface area contributed by atoms with E-state index in [0.717, 1.165) is 11.6 Å². The maximum Gasteiger partial charge on any atom is 0.295 e. The minimum absolute atomic E-state index is 0.169. The molecular weight excluding hydrogens is 329 g/mol. The van der Waals surface area contributed by atoms with Crippen LogP contribution >= 0.6 is 15.9 Å². The fourth-order valence-corrected chi connectivity index (χ4v) is 2.01. The third-order valence-electron chi connectivity index (χ3n) is 2.70. The quantitative estimate of drug-likeness (QED) is 0.505. The number of nitro benzene ring substituents is 1. The number of hydrogen-bond donors (Lipinski definition) is 2. The van der Waals surface area contributed by atoms with Gasteiger partial charge in [0.2, 0.25) is 0 Å². The monoisotopic (exact) mass is 339 g/mol. The number of anilines is 2. The summed E-state index contributed by atoms with van der Waals surface area (Å²) < 4.78 is 13.5. The number of rotatable bonds is 4. The van der Waals surface area contributed by atoms with Crippen molar-refractivity contribution in [1.29, 1.82) is 0 Å². The summed E-state index contributed by atoms with van der Waals surface area (Å²) in [7, 11) is 0. The van der Waals surface area contributed by atoms with Gasteiger partial charge in [0.15, 0.2) is 0 Å². The molecule has 0 aliphatic heterocycles. The van der Waals surface area contributed by atoms with Crippen LogP contribution in [-0.4, -0.2) is 4.92 Å². The average molecular weight is 340 g/mol. The van der Waals surface area contributed by atoms with Crippen molar-refractivity contribution < 1.29 is 9.31 Å². The smallest absolute Gasteiger partial charge is 0.295 e. The molecule has 0 amide bonds. The summed E-state index contributed by atoms with van der Waals surface area (Å²) in [5.74, 6) is -0.672. The number of nitrogens with two attached hydrogens (primary N) is 1. The zero-order chi connectivity index (χ0) is 14.7. The highest BCUT2D eigenvalue weighted by Crippen LogP contribution is 2.30. The molecule has 20 heavy (non-hydrogen) atoms. The van der Waals surface area contributed by atoms with Crippen LogP contribution in [0, 0.1) is 15.9 Å². The number of nitrogens with one attached hydrogen (secondary N) is 1. The highest BCUT2D eigenvalue weighted by Gasteiger charge is 2.17. The standard InChI is InChI=1S/C13H11BrFN3O2/c14-10-5-12(13(18(19)20)6-11(10)15)17-7-8-1-3-9(16)4-2-8/h1-6,17H,7,16H2. The molecule has 0 aliphatic rings. The van der Waals surface area contributed by atoms with Crippen molar-refractivity contribution in [3.05, 3.63) is 62.4 Å². The molecule has 0 fully saturated rings. The predicted octanol–water partition coefficient (Wildman–Crippen LogP) is 3.69. The minimum Gasteiger partial charge on any atom is -0.399 e. The molecule has 5 nitrogen and oxygen atoms in total. The van der Waals surface area contributed by atoms with Crippen molar-refractivity contribution in [2.75, 3.05) is 11.1 Å². The van der Waals surface area contributed by atoms with Crippen molar-refractivity contribution in [3.63, 3.8) is 0 Å². The van der Waals surface area contributed by atoms with E-state index in [1.165, 1.54) is 6.07 Å². The summed E-state index contributed by atoms with van der Waals surface area (Å²) in [6, 6.07) is 9.34. The summed E-state index contributed by atoms with van der Waals surface area (Å²) in [5, 5.41) is 13.8. The SMILES string of the molecule is Nc1ccc(CNc2cc(Br)c(F)cc2[N+](=O)[O-])cc1. The number of nitrogen functional groups attached to an aromatic ring is 1. The Morgan fingerprint density at radius 2 is 1.95 bits per heavy atom. The molecule has 0 heterocycles. The van der Waals surface area contributed by atoms with E-state index in [-0.39, 0.29) is 15.8 Å². The van der Waals surface area contributed by atoms with Crippen molar-refractivity contribution in [2.24, 2.45) is 0 Å². The molecule has 0 aliphatic carbocycles. The molecule has 3 N–H and O–H groups in total. The minimum atomic E-state index is -0.672. The van der Waals surface area contributed by atoms with Crippen LogP contribution in [0.25, 0.3) is 0 Å². The summed E-state index contributed by atoms with van der Waals surface area (Å²) in [6.45, 7) is 0.374. The van der Waals surface area contributed by atoms with Gasteiger partial charge in [-0.1, -0.05) is 12.1 Å². The Balaban J connectivity index is 2.22. The first-order chi connectivity index (χ1) is 9.47. The molecule has 0 unspecified atom stereocenters. The van der Waals surface area contributed by atoms with E-state index in [0.29, 0.717) is 12.2 Å². The highest BCUT2D eigenvalue weighted by atomic mass is 79.9. The van der Waals surface area contributed by atoms with Gasteiger partial charge in [0.1, 0.15) is 11.5 Å². The van der Waals surface area contributed by atoms with Gasteiger partial charge in [-0.25, -0.2) is 4.39 Å². The highest BCUT2D eigenvalue weighted by molar-refractivity contribution is 9.10. The maximum absolute atomic E-state index is 13.3. The van der Waals surface area contributed by atoms with Crippen LogP contribution in [-0.2, 0) is 6.54 Å². The lowest BCUT2D eigenvalue weighted by atomic mass is 10.2. The number of nitrogens with zero attached hydrogens (tertiary/aromatic N) is 1. The molecule has 0 radical (unpaired) electrons. The average Bonchev–Trinajstić information content (AvgIpc) is 2.41. The first-order valence-corrected chi connectivity index (χ1v) is 6.48. The van der Waals surface area contributed by atoms with Gasteiger partial charge in [-0.3, -0.25) is 10.1 Å². The molecule has 0 saturated carbocycles. The fourth-order valence-electron chi connectivity index (χ4n) is 1.66. The maximum atomic E-state index is 13.3. The normalized spacial score (nSPS) is 10.3. The second kappa shape index (κ2) is 5.87. The largest absolute Gasteiger partial charge is 0.399 e. The zero-order valence-electron chi connectivity index (χ0n) is 10.3. The van der Waals surface area contributed by atoms with E-state index >= 15 is 0 Å². The van der Waals surface area contributed by atoms with Crippen LogP contribution in [0.2, 0.25) is 0 Å². The summed E-state index contributed by atoms with van der Waals surface area (Å²) in [5.41, 5.74) is 7.08. The van der Waals surface area contributed by atoms with E-state index in [1.54, 1.807) is 12.1 Å². The Morgan fingerprint density at radius 1 is 1.30 bits per heavy atom. The van der Waals surface area contributed by atoms with Gasteiger partial charge >= 0.3 is 0 Å². The molecule has 7 heteroatoms. The Kier molecular flexibility index (Phi) is 4.19. The summed E-state index contributed by atoms with van der Waals surface area (Å²) in [6.07, 6.45) is 0. The molecule has 0 spiro atoms. The molecular formula is C13H11BrFN3O2. The molecule has 2 aromatic rings. The topological polar surface area (TPSA) is 81.2 Å². The Labute approximate surface area is 122 Å². The van der Waals surface area contributed by atoms with Crippen molar-refractivity contribution >= 4 is 33.0 Å². The van der Waals surface area contributed by atoms with E-state index in [9.17, 15) is 14.5 Å². The number of hydrogen-bond acceptors (Lipinski definition) is 4. The third kappa shape index (κ3) is 3.24. The van der Waals surface area contributed by atoms with Gasteiger partial charge < -0.3 is 11.1 Å². The number of benzene rings is 2. The van der Waals surface area contributed by atoms with Crippen molar-refractivity contribution in [3.8, 4) is 0 Å². The summed E-state index contributed by atoms with van der Waals surface area (Å²) in [4.78, 5) is 10.3. The number of nitro groups is 1. The molecule has 2 rings (SSSR count). The first-order valence-electron chi connectivity index (χ1n) is 5.69. The third-order valence-corrected chi connectivity index (χ3v) is 3.31. The summed E-state index contributed by atoms with van der Waals surface area (Å²) >= 11 is 3.01. The van der Waals surface area contributed by atoms with Crippen molar-refractivity contribution in [2.45, 2.75) is 6.54 Å². The molecule has 0 saturated heterocycles. The first kappa shape index (κ1) is 14.3. The van der Waals surface area contributed by atoms with Crippen LogP contribution in [0.5, 0.6) is 0 Å². The predicted molar refractivity (Wildman–Crippen MR) is 78.9 cm³/mol.